The van der Waals surface area contributed by atoms with Gasteiger partial charge in [0.2, 0.25) is 0 Å². The average Bonchev–Trinajstić information content (AvgIpc) is 3.25. The fourth-order valence-electron chi connectivity index (χ4n) is 3.52. The SMILES string of the molecule is Cc1c(C(=O)O)cccc1-c1ccc(/C=C2/C(=O)NC(=O)N(c3cccc(C(=O)O)c3)C2=O)o1. The molecular formula is C24H16N2O8. The molecule has 1 aromatic heterocycles. The summed E-state index contributed by atoms with van der Waals surface area (Å²) >= 11 is 0. The van der Waals surface area contributed by atoms with Crippen molar-refractivity contribution in [1.82, 2.24) is 5.32 Å². The molecule has 4 amide bonds. The van der Waals surface area contributed by atoms with E-state index in [-0.39, 0.29) is 22.6 Å². The van der Waals surface area contributed by atoms with E-state index in [9.17, 15) is 34.2 Å². The number of hydrogen-bond donors (Lipinski definition) is 3. The van der Waals surface area contributed by atoms with Crippen LogP contribution in [0.1, 0.15) is 32.0 Å². The number of rotatable bonds is 5. The zero-order chi connectivity index (χ0) is 24.6. The molecule has 0 spiro atoms. The van der Waals surface area contributed by atoms with Crippen molar-refractivity contribution >= 4 is 41.5 Å². The summed E-state index contributed by atoms with van der Waals surface area (Å²) in [6.07, 6.45) is 1.15. The van der Waals surface area contributed by atoms with E-state index in [1.54, 1.807) is 25.1 Å². The van der Waals surface area contributed by atoms with Crippen molar-refractivity contribution in [3.63, 3.8) is 0 Å². The first-order chi connectivity index (χ1) is 16.2. The van der Waals surface area contributed by atoms with E-state index in [2.05, 4.69) is 0 Å². The number of nitrogens with zero attached hydrogens (tertiary/aromatic N) is 1. The summed E-state index contributed by atoms with van der Waals surface area (Å²) in [6, 6.07) is 11.9. The molecule has 0 unspecified atom stereocenters. The second-order valence-electron chi connectivity index (χ2n) is 7.30. The van der Waals surface area contributed by atoms with Gasteiger partial charge in [-0.2, -0.15) is 0 Å². The Morgan fingerprint density at radius 2 is 1.71 bits per heavy atom. The van der Waals surface area contributed by atoms with Crippen molar-refractivity contribution in [3.8, 4) is 11.3 Å². The lowest BCUT2D eigenvalue weighted by Gasteiger charge is -2.26. The number of carbonyl (C=O) groups excluding carboxylic acids is 3. The van der Waals surface area contributed by atoms with Gasteiger partial charge in [-0.25, -0.2) is 19.3 Å². The van der Waals surface area contributed by atoms with Gasteiger partial charge in [0.15, 0.2) is 0 Å². The third-order valence-corrected chi connectivity index (χ3v) is 5.20. The molecule has 4 rings (SSSR count). The molecule has 1 saturated heterocycles. The molecule has 0 saturated carbocycles. The highest BCUT2D eigenvalue weighted by molar-refractivity contribution is 6.39. The summed E-state index contributed by atoms with van der Waals surface area (Å²) in [5.74, 6) is -3.81. The summed E-state index contributed by atoms with van der Waals surface area (Å²) in [6.45, 7) is 1.63. The maximum Gasteiger partial charge on any atom is 0.335 e. The number of amides is 4. The number of imide groups is 2. The number of carboxylic acid groups (broad SMARTS) is 2. The quantitative estimate of drug-likeness (QED) is 0.387. The van der Waals surface area contributed by atoms with E-state index in [0.717, 1.165) is 12.1 Å². The Bertz CT molecular complexity index is 1420. The van der Waals surface area contributed by atoms with E-state index >= 15 is 0 Å². The predicted molar refractivity (Wildman–Crippen MR) is 118 cm³/mol. The zero-order valence-electron chi connectivity index (χ0n) is 17.6. The Labute approximate surface area is 191 Å². The van der Waals surface area contributed by atoms with Crippen molar-refractivity contribution in [2.75, 3.05) is 4.90 Å². The number of benzene rings is 2. The summed E-state index contributed by atoms with van der Waals surface area (Å²) in [4.78, 5) is 61.0. The second kappa shape index (κ2) is 8.51. The molecule has 2 heterocycles. The van der Waals surface area contributed by atoms with E-state index in [1.165, 1.54) is 30.3 Å². The zero-order valence-corrected chi connectivity index (χ0v) is 17.6. The van der Waals surface area contributed by atoms with Gasteiger partial charge in [0.05, 0.1) is 16.8 Å². The number of anilines is 1. The van der Waals surface area contributed by atoms with Crippen molar-refractivity contribution in [1.29, 1.82) is 0 Å². The largest absolute Gasteiger partial charge is 0.478 e. The van der Waals surface area contributed by atoms with Gasteiger partial charge in [0.25, 0.3) is 11.8 Å². The minimum Gasteiger partial charge on any atom is -0.478 e. The van der Waals surface area contributed by atoms with Crippen LogP contribution in [0.4, 0.5) is 10.5 Å². The number of nitrogens with one attached hydrogen (secondary N) is 1. The Hall–Kier alpha value is -4.99. The van der Waals surface area contributed by atoms with E-state index in [1.807, 2.05) is 5.32 Å². The molecule has 0 atom stereocenters. The first kappa shape index (κ1) is 22.2. The Kier molecular flexibility index (Phi) is 5.56. The number of furan rings is 1. The first-order valence-electron chi connectivity index (χ1n) is 9.85. The van der Waals surface area contributed by atoms with Crippen molar-refractivity contribution in [2.45, 2.75) is 6.92 Å². The molecule has 1 aliphatic rings. The Morgan fingerprint density at radius 1 is 0.971 bits per heavy atom. The monoisotopic (exact) mass is 460 g/mol. The summed E-state index contributed by atoms with van der Waals surface area (Å²) in [7, 11) is 0. The number of barbiturate groups is 1. The van der Waals surface area contributed by atoms with Crippen LogP contribution >= 0.6 is 0 Å². The van der Waals surface area contributed by atoms with Crippen LogP contribution in [-0.4, -0.2) is 40.0 Å². The lowest BCUT2D eigenvalue weighted by Crippen LogP contribution is -2.54. The summed E-state index contributed by atoms with van der Waals surface area (Å²) < 4.78 is 5.72. The van der Waals surface area contributed by atoms with Gasteiger partial charge in [-0.15, -0.1) is 0 Å². The summed E-state index contributed by atoms with van der Waals surface area (Å²) in [5, 5.41) is 20.5. The fourth-order valence-corrected chi connectivity index (χ4v) is 3.52. The van der Waals surface area contributed by atoms with Crippen LogP contribution in [0.2, 0.25) is 0 Å². The molecule has 3 N–H and O–H groups in total. The standard InChI is InChI=1S/C24H16N2O8/c1-12-16(6-3-7-17(12)23(31)32)19-9-8-15(34-19)11-18-20(27)25-24(33)26(21(18)28)14-5-2-4-13(10-14)22(29)30/h2-11H,1H3,(H,29,30)(H,31,32)(H,25,27,33)/b18-11-. The van der Waals surface area contributed by atoms with E-state index < -0.39 is 35.4 Å². The molecule has 2 aromatic carbocycles. The van der Waals surface area contributed by atoms with Crippen LogP contribution in [0, 0.1) is 6.92 Å². The molecule has 170 valence electrons. The first-order valence-corrected chi connectivity index (χ1v) is 9.85. The van der Waals surface area contributed by atoms with Gasteiger partial charge in [-0.05, 0) is 55.0 Å². The molecule has 3 aromatic rings. The fraction of sp³-hybridized carbons (Fsp3) is 0.0417. The highest BCUT2D eigenvalue weighted by Crippen LogP contribution is 2.29. The number of urea groups is 1. The van der Waals surface area contributed by atoms with E-state index in [0.29, 0.717) is 21.8 Å². The van der Waals surface area contributed by atoms with Crippen molar-refractivity contribution in [3.05, 3.63) is 82.6 Å². The van der Waals surface area contributed by atoms with Crippen molar-refractivity contribution in [2.24, 2.45) is 0 Å². The average molecular weight is 460 g/mol. The molecule has 0 aliphatic carbocycles. The number of aromatic carboxylic acids is 2. The molecule has 10 heteroatoms. The van der Waals surface area contributed by atoms with Gasteiger partial charge in [0, 0.05) is 5.56 Å². The molecule has 10 nitrogen and oxygen atoms in total. The minimum absolute atomic E-state index is 0.0259. The number of hydrogen-bond acceptors (Lipinski definition) is 6. The molecule has 0 bridgehead atoms. The molecule has 1 fully saturated rings. The van der Waals surface area contributed by atoms with Crippen LogP contribution in [0.5, 0.6) is 0 Å². The van der Waals surface area contributed by atoms with Crippen LogP contribution in [-0.2, 0) is 9.59 Å². The van der Waals surface area contributed by atoms with E-state index in [4.69, 9.17) is 4.42 Å². The topological polar surface area (TPSA) is 154 Å². The summed E-state index contributed by atoms with van der Waals surface area (Å²) in [5.41, 5.74) is 0.527. The molecule has 1 aliphatic heterocycles. The minimum atomic E-state index is -1.25. The lowest BCUT2D eigenvalue weighted by molar-refractivity contribution is -0.122. The Balaban J connectivity index is 1.70. The number of carboxylic acids is 2. The van der Waals surface area contributed by atoms with Crippen LogP contribution in [0.15, 0.2) is 64.6 Å². The predicted octanol–water partition coefficient (Wildman–Crippen LogP) is 3.32. The normalized spacial score (nSPS) is 14.9. The van der Waals surface area contributed by atoms with Crippen LogP contribution < -0.4 is 10.2 Å². The van der Waals surface area contributed by atoms with Crippen LogP contribution in [0.3, 0.4) is 0 Å². The maximum atomic E-state index is 13.0. The highest BCUT2D eigenvalue weighted by atomic mass is 16.4. The second-order valence-corrected chi connectivity index (χ2v) is 7.30. The molecular weight excluding hydrogens is 444 g/mol. The smallest absolute Gasteiger partial charge is 0.335 e. The molecule has 34 heavy (non-hydrogen) atoms. The highest BCUT2D eigenvalue weighted by Gasteiger charge is 2.37. The molecule has 0 radical (unpaired) electrons. The third kappa shape index (κ3) is 3.95. The Morgan fingerprint density at radius 3 is 2.41 bits per heavy atom. The van der Waals surface area contributed by atoms with Gasteiger partial charge >= 0.3 is 18.0 Å². The number of carbonyl (C=O) groups is 5. The van der Waals surface area contributed by atoms with Gasteiger partial charge in [-0.1, -0.05) is 18.2 Å². The third-order valence-electron chi connectivity index (χ3n) is 5.20. The maximum absolute atomic E-state index is 13.0. The van der Waals surface area contributed by atoms with Crippen molar-refractivity contribution < 1.29 is 38.6 Å². The lowest BCUT2D eigenvalue weighted by atomic mass is 10.0. The van der Waals surface area contributed by atoms with Gasteiger partial charge < -0.3 is 14.6 Å². The van der Waals surface area contributed by atoms with Crippen LogP contribution in [0.25, 0.3) is 17.4 Å². The van der Waals surface area contributed by atoms with Gasteiger partial charge in [0.1, 0.15) is 17.1 Å². The van der Waals surface area contributed by atoms with Gasteiger partial charge in [-0.3, -0.25) is 14.9 Å².